The van der Waals surface area contributed by atoms with Gasteiger partial charge in [-0.1, -0.05) is 13.8 Å². The summed E-state index contributed by atoms with van der Waals surface area (Å²) >= 11 is 0. The Morgan fingerprint density at radius 3 is 2.45 bits per heavy atom. The van der Waals surface area contributed by atoms with Crippen LogP contribution in [0.5, 0.6) is 0 Å². The molecule has 1 aromatic rings. The second kappa shape index (κ2) is 9.12. The van der Waals surface area contributed by atoms with Crippen LogP contribution in [0.2, 0.25) is 0 Å². The van der Waals surface area contributed by atoms with E-state index in [0.717, 1.165) is 25.2 Å². The first-order chi connectivity index (χ1) is 9.65. The lowest BCUT2D eigenvalue weighted by molar-refractivity contribution is -0.121. The molecule has 1 rings (SSSR count). The maximum atomic E-state index is 11.6. The van der Waals surface area contributed by atoms with Gasteiger partial charge in [0.25, 0.3) is 0 Å². The van der Waals surface area contributed by atoms with Crippen molar-refractivity contribution < 1.29 is 4.79 Å². The third-order valence-electron chi connectivity index (χ3n) is 2.87. The largest absolute Gasteiger partial charge is 0.369 e. The molecule has 1 heterocycles. The van der Waals surface area contributed by atoms with Gasteiger partial charge in [0.15, 0.2) is 0 Å². The van der Waals surface area contributed by atoms with Gasteiger partial charge in [0, 0.05) is 25.6 Å². The minimum absolute atomic E-state index is 0.0556. The van der Waals surface area contributed by atoms with E-state index >= 15 is 0 Å². The Hall–Kier alpha value is -1.85. The molecule has 20 heavy (non-hydrogen) atoms. The highest BCUT2D eigenvalue weighted by Crippen LogP contribution is 2.06. The average molecular weight is 279 g/mol. The van der Waals surface area contributed by atoms with Crippen molar-refractivity contribution in [1.82, 2.24) is 15.3 Å². The fourth-order valence-corrected chi connectivity index (χ4v) is 1.54. The standard InChI is InChI=1S/C14H25N5O/c1-4-7-16-12-9-15-10-13(19-12)17-8-6-14(20)18-11(3)5-2/h9-11H,4-8H2,1-3H3,(H,18,20)(H2,16,17,19). The van der Waals surface area contributed by atoms with Crippen molar-refractivity contribution in [3.8, 4) is 0 Å². The number of aromatic nitrogens is 2. The van der Waals surface area contributed by atoms with Gasteiger partial charge in [0.2, 0.25) is 5.91 Å². The zero-order valence-electron chi connectivity index (χ0n) is 12.6. The van der Waals surface area contributed by atoms with E-state index in [9.17, 15) is 4.79 Å². The van der Waals surface area contributed by atoms with E-state index in [2.05, 4.69) is 32.8 Å². The first kappa shape index (κ1) is 16.2. The molecule has 112 valence electrons. The topological polar surface area (TPSA) is 78.9 Å². The highest BCUT2D eigenvalue weighted by Gasteiger charge is 2.05. The fourth-order valence-electron chi connectivity index (χ4n) is 1.54. The van der Waals surface area contributed by atoms with E-state index in [-0.39, 0.29) is 11.9 Å². The quantitative estimate of drug-likeness (QED) is 0.644. The molecule has 1 atom stereocenters. The predicted molar refractivity (Wildman–Crippen MR) is 81.8 cm³/mol. The molecule has 1 aromatic heterocycles. The summed E-state index contributed by atoms with van der Waals surface area (Å²) in [4.78, 5) is 20.1. The van der Waals surface area contributed by atoms with Crippen LogP contribution in [0.3, 0.4) is 0 Å². The summed E-state index contributed by atoms with van der Waals surface area (Å²) in [5.74, 6) is 1.49. The summed E-state index contributed by atoms with van der Waals surface area (Å²) in [5.41, 5.74) is 0. The van der Waals surface area contributed by atoms with Crippen LogP contribution >= 0.6 is 0 Å². The van der Waals surface area contributed by atoms with Crippen molar-refractivity contribution in [1.29, 1.82) is 0 Å². The van der Waals surface area contributed by atoms with Crippen LogP contribution in [0.4, 0.5) is 11.6 Å². The maximum Gasteiger partial charge on any atom is 0.221 e. The average Bonchev–Trinajstić information content (AvgIpc) is 2.45. The van der Waals surface area contributed by atoms with Crippen molar-refractivity contribution in [2.24, 2.45) is 0 Å². The van der Waals surface area contributed by atoms with Crippen molar-refractivity contribution in [2.45, 2.75) is 46.1 Å². The van der Waals surface area contributed by atoms with Crippen LogP contribution in [-0.2, 0) is 4.79 Å². The summed E-state index contributed by atoms with van der Waals surface area (Å²) in [7, 11) is 0. The Balaban J connectivity index is 2.32. The van der Waals surface area contributed by atoms with E-state index in [1.165, 1.54) is 0 Å². The Labute approximate surface area is 120 Å². The van der Waals surface area contributed by atoms with Crippen molar-refractivity contribution in [3.63, 3.8) is 0 Å². The third-order valence-corrected chi connectivity index (χ3v) is 2.87. The van der Waals surface area contributed by atoms with E-state index in [1.54, 1.807) is 12.4 Å². The van der Waals surface area contributed by atoms with Crippen LogP contribution in [0, 0.1) is 0 Å². The van der Waals surface area contributed by atoms with Crippen LogP contribution < -0.4 is 16.0 Å². The van der Waals surface area contributed by atoms with Crippen LogP contribution in [0.15, 0.2) is 12.4 Å². The fraction of sp³-hybridized carbons (Fsp3) is 0.643. The molecule has 6 heteroatoms. The number of carbonyl (C=O) groups is 1. The number of nitrogens with zero attached hydrogens (tertiary/aromatic N) is 2. The first-order valence-corrected chi connectivity index (χ1v) is 7.24. The molecular weight excluding hydrogens is 254 g/mol. The number of hydrogen-bond acceptors (Lipinski definition) is 5. The molecule has 1 amide bonds. The lowest BCUT2D eigenvalue weighted by atomic mass is 10.2. The van der Waals surface area contributed by atoms with Crippen LogP contribution in [-0.4, -0.2) is 35.0 Å². The highest BCUT2D eigenvalue weighted by molar-refractivity contribution is 5.76. The van der Waals surface area contributed by atoms with Gasteiger partial charge in [-0.05, 0) is 19.8 Å². The summed E-state index contributed by atoms with van der Waals surface area (Å²) in [6.07, 6.45) is 5.75. The summed E-state index contributed by atoms with van der Waals surface area (Å²) in [5, 5.41) is 9.21. The lowest BCUT2D eigenvalue weighted by Gasteiger charge is -2.12. The van der Waals surface area contributed by atoms with E-state index in [4.69, 9.17) is 0 Å². The first-order valence-electron chi connectivity index (χ1n) is 7.24. The molecule has 0 aromatic carbocycles. The molecule has 0 saturated heterocycles. The van der Waals surface area contributed by atoms with Crippen LogP contribution in [0.25, 0.3) is 0 Å². The minimum Gasteiger partial charge on any atom is -0.369 e. The van der Waals surface area contributed by atoms with E-state index < -0.39 is 0 Å². The number of amides is 1. The van der Waals surface area contributed by atoms with Gasteiger partial charge < -0.3 is 16.0 Å². The molecule has 0 spiro atoms. The van der Waals surface area contributed by atoms with E-state index in [0.29, 0.717) is 18.8 Å². The number of hydrogen-bond donors (Lipinski definition) is 3. The summed E-state index contributed by atoms with van der Waals surface area (Å²) < 4.78 is 0. The predicted octanol–water partition coefficient (Wildman–Crippen LogP) is 2.02. The molecular formula is C14H25N5O. The summed E-state index contributed by atoms with van der Waals surface area (Å²) in [6.45, 7) is 7.56. The molecule has 6 nitrogen and oxygen atoms in total. The summed E-state index contributed by atoms with van der Waals surface area (Å²) in [6, 6.07) is 0.226. The molecule has 3 N–H and O–H groups in total. The smallest absolute Gasteiger partial charge is 0.221 e. The van der Waals surface area contributed by atoms with Gasteiger partial charge in [-0.15, -0.1) is 0 Å². The Kier molecular flexibility index (Phi) is 7.39. The zero-order chi connectivity index (χ0) is 14.8. The molecule has 0 fully saturated rings. The molecule has 0 saturated carbocycles. The van der Waals surface area contributed by atoms with Crippen molar-refractivity contribution in [2.75, 3.05) is 23.7 Å². The third kappa shape index (κ3) is 6.36. The highest BCUT2D eigenvalue weighted by atomic mass is 16.1. The normalized spacial score (nSPS) is 11.8. The number of carbonyl (C=O) groups excluding carboxylic acids is 1. The number of rotatable bonds is 9. The zero-order valence-corrected chi connectivity index (χ0v) is 12.6. The van der Waals surface area contributed by atoms with Gasteiger partial charge in [-0.3, -0.25) is 9.78 Å². The van der Waals surface area contributed by atoms with Gasteiger partial charge >= 0.3 is 0 Å². The second-order valence-corrected chi connectivity index (χ2v) is 4.77. The van der Waals surface area contributed by atoms with Gasteiger partial charge in [0.05, 0.1) is 12.4 Å². The molecule has 0 aliphatic rings. The minimum atomic E-state index is 0.0556. The maximum absolute atomic E-state index is 11.6. The Morgan fingerprint density at radius 1 is 1.20 bits per heavy atom. The van der Waals surface area contributed by atoms with Gasteiger partial charge in [0.1, 0.15) is 11.6 Å². The SMILES string of the molecule is CCCNc1cncc(NCCC(=O)NC(C)CC)n1. The van der Waals surface area contributed by atoms with Crippen LogP contribution in [0.1, 0.15) is 40.0 Å². The lowest BCUT2D eigenvalue weighted by Crippen LogP contribution is -2.33. The van der Waals surface area contributed by atoms with Crippen molar-refractivity contribution >= 4 is 17.5 Å². The molecule has 1 unspecified atom stereocenters. The Bertz CT molecular complexity index is 410. The van der Waals surface area contributed by atoms with Crippen molar-refractivity contribution in [3.05, 3.63) is 12.4 Å². The monoisotopic (exact) mass is 279 g/mol. The second-order valence-electron chi connectivity index (χ2n) is 4.77. The van der Waals surface area contributed by atoms with E-state index in [1.807, 2.05) is 13.8 Å². The number of nitrogens with one attached hydrogen (secondary N) is 3. The molecule has 0 radical (unpaired) electrons. The van der Waals surface area contributed by atoms with Gasteiger partial charge in [-0.25, -0.2) is 4.98 Å². The molecule has 0 aliphatic heterocycles. The Morgan fingerprint density at radius 2 is 1.85 bits per heavy atom. The number of anilines is 2. The van der Waals surface area contributed by atoms with Gasteiger partial charge in [-0.2, -0.15) is 0 Å². The molecule has 0 bridgehead atoms. The molecule has 0 aliphatic carbocycles.